The minimum atomic E-state index is -0.00498. The van der Waals surface area contributed by atoms with Crippen molar-refractivity contribution in [1.82, 2.24) is 15.1 Å². The topological polar surface area (TPSA) is 46.9 Å². The Bertz CT molecular complexity index is 672. The van der Waals surface area contributed by atoms with Crippen molar-refractivity contribution in [2.75, 3.05) is 6.54 Å². The number of aromatic nitrogens is 2. The van der Waals surface area contributed by atoms with E-state index in [1.807, 2.05) is 25.1 Å². The molecule has 0 fully saturated rings. The van der Waals surface area contributed by atoms with Crippen LogP contribution < -0.4 is 10.9 Å². The summed E-state index contributed by atoms with van der Waals surface area (Å²) in [6.07, 6.45) is 0. The fourth-order valence-corrected chi connectivity index (χ4v) is 2.30. The Labute approximate surface area is 132 Å². The Morgan fingerprint density at radius 3 is 2.50 bits per heavy atom. The lowest BCUT2D eigenvalue weighted by molar-refractivity contribution is 0.542. The number of rotatable bonds is 6. The monoisotopic (exact) mass is 299 g/mol. The molecule has 1 aromatic heterocycles. The second-order valence-electron chi connectivity index (χ2n) is 6.07. The van der Waals surface area contributed by atoms with Gasteiger partial charge in [0.25, 0.3) is 5.56 Å². The molecule has 0 unspecified atom stereocenters. The lowest BCUT2D eigenvalue weighted by atomic mass is 10.1. The SMILES string of the molecule is CCn1nc(-c2ccc(C)cc2)cc(CNCC(C)C)c1=O. The number of aryl methyl sites for hydroxylation is 2. The largest absolute Gasteiger partial charge is 0.312 e. The third-order valence-electron chi connectivity index (χ3n) is 3.56. The third-order valence-corrected chi connectivity index (χ3v) is 3.56. The summed E-state index contributed by atoms with van der Waals surface area (Å²) in [7, 11) is 0. The van der Waals surface area contributed by atoms with E-state index >= 15 is 0 Å². The molecule has 4 nitrogen and oxygen atoms in total. The molecule has 0 saturated carbocycles. The van der Waals surface area contributed by atoms with Crippen LogP contribution in [0.25, 0.3) is 11.3 Å². The van der Waals surface area contributed by atoms with Gasteiger partial charge in [0.05, 0.1) is 5.69 Å². The van der Waals surface area contributed by atoms with E-state index in [1.165, 1.54) is 5.56 Å². The summed E-state index contributed by atoms with van der Waals surface area (Å²) < 4.78 is 1.54. The molecule has 0 atom stereocenters. The van der Waals surface area contributed by atoms with Gasteiger partial charge in [-0.05, 0) is 32.4 Å². The van der Waals surface area contributed by atoms with Crippen molar-refractivity contribution in [1.29, 1.82) is 0 Å². The molecule has 0 aliphatic heterocycles. The highest BCUT2D eigenvalue weighted by molar-refractivity contribution is 5.59. The van der Waals surface area contributed by atoms with Gasteiger partial charge >= 0.3 is 0 Å². The summed E-state index contributed by atoms with van der Waals surface area (Å²) in [5.41, 5.74) is 3.87. The zero-order valence-corrected chi connectivity index (χ0v) is 13.9. The van der Waals surface area contributed by atoms with Crippen molar-refractivity contribution >= 4 is 0 Å². The van der Waals surface area contributed by atoms with Gasteiger partial charge in [0.1, 0.15) is 0 Å². The normalized spacial score (nSPS) is 11.1. The summed E-state index contributed by atoms with van der Waals surface area (Å²) in [5.74, 6) is 0.562. The Hall–Kier alpha value is -1.94. The van der Waals surface area contributed by atoms with Crippen molar-refractivity contribution < 1.29 is 0 Å². The van der Waals surface area contributed by atoms with Crippen molar-refractivity contribution in [2.45, 2.75) is 40.8 Å². The molecule has 1 aromatic carbocycles. The summed E-state index contributed by atoms with van der Waals surface area (Å²) in [4.78, 5) is 12.4. The number of hydrogen-bond donors (Lipinski definition) is 1. The molecule has 0 amide bonds. The summed E-state index contributed by atoms with van der Waals surface area (Å²) in [5, 5.41) is 7.81. The van der Waals surface area contributed by atoms with Crippen molar-refractivity contribution in [3.63, 3.8) is 0 Å². The van der Waals surface area contributed by atoms with Gasteiger partial charge < -0.3 is 5.32 Å². The molecule has 1 heterocycles. The predicted octanol–water partition coefficient (Wildman–Crippen LogP) is 2.98. The summed E-state index contributed by atoms with van der Waals surface area (Å²) >= 11 is 0. The standard InChI is InChI=1S/C18H25N3O/c1-5-21-18(22)16(12-19-11-13(2)3)10-17(20-21)15-8-6-14(4)7-9-15/h6-10,13,19H,5,11-12H2,1-4H3. The number of nitrogens with zero attached hydrogens (tertiary/aromatic N) is 2. The second kappa shape index (κ2) is 7.36. The van der Waals surface area contributed by atoms with Gasteiger partial charge in [0, 0.05) is 24.2 Å². The second-order valence-corrected chi connectivity index (χ2v) is 6.07. The number of nitrogens with one attached hydrogen (secondary N) is 1. The van der Waals surface area contributed by atoms with Crippen LogP contribution in [-0.2, 0) is 13.1 Å². The van der Waals surface area contributed by atoms with Gasteiger partial charge in [-0.25, -0.2) is 4.68 Å². The van der Waals surface area contributed by atoms with Crippen LogP contribution in [0.1, 0.15) is 31.9 Å². The van der Waals surface area contributed by atoms with E-state index in [1.54, 1.807) is 4.68 Å². The van der Waals surface area contributed by atoms with Gasteiger partial charge in [0.15, 0.2) is 0 Å². The minimum Gasteiger partial charge on any atom is -0.312 e. The maximum Gasteiger partial charge on any atom is 0.271 e. The van der Waals surface area contributed by atoms with Crippen molar-refractivity contribution in [3.8, 4) is 11.3 Å². The molecule has 2 rings (SSSR count). The van der Waals surface area contributed by atoms with Crippen LogP contribution in [0.2, 0.25) is 0 Å². The van der Waals surface area contributed by atoms with Crippen molar-refractivity contribution in [3.05, 3.63) is 51.8 Å². The van der Waals surface area contributed by atoms with Crippen LogP contribution in [0.3, 0.4) is 0 Å². The molecule has 4 heteroatoms. The molecule has 0 bridgehead atoms. The van der Waals surface area contributed by atoms with E-state index < -0.39 is 0 Å². The first-order valence-corrected chi connectivity index (χ1v) is 7.90. The number of hydrogen-bond acceptors (Lipinski definition) is 3. The van der Waals surface area contributed by atoms with E-state index in [-0.39, 0.29) is 5.56 Å². The molecule has 0 aliphatic carbocycles. The molecule has 0 radical (unpaired) electrons. The molecular formula is C18H25N3O. The third kappa shape index (κ3) is 4.04. The maximum absolute atomic E-state index is 12.4. The highest BCUT2D eigenvalue weighted by Crippen LogP contribution is 2.17. The van der Waals surface area contributed by atoms with E-state index in [0.29, 0.717) is 19.0 Å². The Morgan fingerprint density at radius 1 is 1.23 bits per heavy atom. The van der Waals surface area contributed by atoms with Gasteiger partial charge in [-0.2, -0.15) is 5.10 Å². The molecular weight excluding hydrogens is 274 g/mol. The van der Waals surface area contributed by atoms with Crippen LogP contribution in [0.15, 0.2) is 35.1 Å². The number of benzene rings is 1. The summed E-state index contributed by atoms with van der Waals surface area (Å²) in [6, 6.07) is 10.1. The lowest BCUT2D eigenvalue weighted by Crippen LogP contribution is -2.30. The van der Waals surface area contributed by atoms with E-state index in [0.717, 1.165) is 23.4 Å². The average molecular weight is 299 g/mol. The first-order valence-electron chi connectivity index (χ1n) is 7.90. The fourth-order valence-electron chi connectivity index (χ4n) is 2.30. The van der Waals surface area contributed by atoms with Crippen LogP contribution in [0.5, 0.6) is 0 Å². The predicted molar refractivity (Wildman–Crippen MR) is 90.9 cm³/mol. The molecule has 0 saturated heterocycles. The first kappa shape index (κ1) is 16.4. The Kier molecular flexibility index (Phi) is 5.50. The lowest BCUT2D eigenvalue weighted by Gasteiger charge is -2.11. The smallest absolute Gasteiger partial charge is 0.271 e. The molecule has 118 valence electrons. The van der Waals surface area contributed by atoms with Gasteiger partial charge in [-0.1, -0.05) is 43.7 Å². The van der Waals surface area contributed by atoms with Crippen LogP contribution in [0.4, 0.5) is 0 Å². The van der Waals surface area contributed by atoms with Gasteiger partial charge in [0.2, 0.25) is 0 Å². The molecule has 2 aromatic rings. The Balaban J connectivity index is 2.34. The van der Waals surface area contributed by atoms with Crippen molar-refractivity contribution in [2.24, 2.45) is 5.92 Å². The van der Waals surface area contributed by atoms with E-state index in [9.17, 15) is 4.79 Å². The Morgan fingerprint density at radius 2 is 1.91 bits per heavy atom. The highest BCUT2D eigenvalue weighted by Gasteiger charge is 2.09. The molecule has 1 N–H and O–H groups in total. The minimum absolute atomic E-state index is 0.00498. The maximum atomic E-state index is 12.4. The van der Waals surface area contributed by atoms with Crippen LogP contribution >= 0.6 is 0 Å². The molecule has 22 heavy (non-hydrogen) atoms. The highest BCUT2D eigenvalue weighted by atomic mass is 16.1. The quantitative estimate of drug-likeness (QED) is 0.892. The van der Waals surface area contributed by atoms with Crippen LogP contribution in [-0.4, -0.2) is 16.3 Å². The van der Waals surface area contributed by atoms with E-state index in [2.05, 4.69) is 43.3 Å². The van der Waals surface area contributed by atoms with Gasteiger partial charge in [-0.15, -0.1) is 0 Å². The fraction of sp³-hybridized carbons (Fsp3) is 0.444. The zero-order valence-electron chi connectivity index (χ0n) is 13.9. The van der Waals surface area contributed by atoms with E-state index in [4.69, 9.17) is 0 Å². The summed E-state index contributed by atoms with van der Waals surface area (Å²) in [6.45, 7) is 10.4. The zero-order chi connectivity index (χ0) is 16.1. The van der Waals surface area contributed by atoms with Crippen LogP contribution in [0, 0.1) is 12.8 Å². The molecule has 0 spiro atoms. The molecule has 0 aliphatic rings. The average Bonchev–Trinajstić information content (AvgIpc) is 2.49. The van der Waals surface area contributed by atoms with Gasteiger partial charge in [-0.3, -0.25) is 4.79 Å². The first-order chi connectivity index (χ1) is 10.5.